The molecule has 19 heavy (non-hydrogen) atoms. The minimum atomic E-state index is -0.299. The Morgan fingerprint density at radius 2 is 1.95 bits per heavy atom. The lowest BCUT2D eigenvalue weighted by atomic mass is 10.0. The molecule has 0 aliphatic rings. The van der Waals surface area contributed by atoms with Gasteiger partial charge in [-0.05, 0) is 12.3 Å². The average molecular weight is 332 g/mol. The van der Waals surface area contributed by atoms with E-state index in [0.717, 1.165) is 6.42 Å². The number of nitrogens with zero attached hydrogens (tertiary/aromatic N) is 3. The summed E-state index contributed by atoms with van der Waals surface area (Å²) >= 11 is 3.62. The van der Waals surface area contributed by atoms with Gasteiger partial charge in [0, 0.05) is 24.2 Å². The van der Waals surface area contributed by atoms with Crippen LogP contribution in [0.1, 0.15) is 51.4 Å². The van der Waals surface area contributed by atoms with Crippen molar-refractivity contribution in [2.45, 2.75) is 51.3 Å². The van der Waals surface area contributed by atoms with Crippen molar-refractivity contribution in [3.8, 4) is 0 Å². The Bertz CT molecular complexity index is 455. The molecule has 0 N–H and O–H groups in total. The summed E-state index contributed by atoms with van der Waals surface area (Å²) in [6.45, 7) is 8.15. The molecule has 108 valence electrons. The Morgan fingerprint density at radius 1 is 1.37 bits per heavy atom. The highest BCUT2D eigenvalue weighted by Gasteiger charge is 2.29. The van der Waals surface area contributed by atoms with E-state index >= 15 is 0 Å². The van der Waals surface area contributed by atoms with Crippen molar-refractivity contribution in [2.24, 2.45) is 13.0 Å². The summed E-state index contributed by atoms with van der Waals surface area (Å²) in [4.78, 5) is 11.2. The predicted molar refractivity (Wildman–Crippen MR) is 79.8 cm³/mol. The molecular formula is C13H22BrN3O2. The van der Waals surface area contributed by atoms with Crippen LogP contribution in [0.25, 0.3) is 0 Å². The number of nitro groups is 1. The van der Waals surface area contributed by atoms with Gasteiger partial charge in [0.05, 0.1) is 4.92 Å². The maximum absolute atomic E-state index is 11.3. The molecule has 0 radical (unpaired) electrons. The standard InChI is InChI=1S/C13H22BrN3O2/c1-8(2)6-10(14)7-11-13(17(18)19)12(9(3)4)15-16(11)5/h8-10H,6-7H2,1-5H3. The van der Waals surface area contributed by atoms with Gasteiger partial charge in [0.2, 0.25) is 0 Å². The SMILES string of the molecule is CC(C)CC(Br)Cc1c([N+](=O)[O-])c(C(C)C)nn1C. The van der Waals surface area contributed by atoms with Crippen LogP contribution in [-0.2, 0) is 13.5 Å². The van der Waals surface area contributed by atoms with Gasteiger partial charge >= 0.3 is 5.69 Å². The van der Waals surface area contributed by atoms with Gasteiger partial charge in [-0.1, -0.05) is 43.6 Å². The molecule has 1 heterocycles. The maximum atomic E-state index is 11.3. The van der Waals surface area contributed by atoms with Crippen LogP contribution in [0, 0.1) is 16.0 Å². The zero-order valence-corrected chi connectivity index (χ0v) is 13.8. The van der Waals surface area contributed by atoms with Crippen molar-refractivity contribution >= 4 is 21.6 Å². The van der Waals surface area contributed by atoms with Crippen molar-refractivity contribution in [2.75, 3.05) is 0 Å². The number of alkyl halides is 1. The van der Waals surface area contributed by atoms with E-state index in [-0.39, 0.29) is 21.4 Å². The van der Waals surface area contributed by atoms with Crippen molar-refractivity contribution in [1.29, 1.82) is 0 Å². The largest absolute Gasteiger partial charge is 0.313 e. The summed E-state index contributed by atoms with van der Waals surface area (Å²) < 4.78 is 1.65. The molecule has 0 saturated carbocycles. The molecule has 0 aliphatic carbocycles. The lowest BCUT2D eigenvalue weighted by Gasteiger charge is -2.11. The first kappa shape index (κ1) is 16.1. The number of aromatic nitrogens is 2. The third-order valence-corrected chi connectivity index (χ3v) is 3.73. The summed E-state index contributed by atoms with van der Waals surface area (Å²) in [6.07, 6.45) is 1.62. The summed E-state index contributed by atoms with van der Waals surface area (Å²) in [6, 6.07) is 0. The first-order valence-electron chi connectivity index (χ1n) is 6.58. The molecule has 0 saturated heterocycles. The van der Waals surface area contributed by atoms with Crippen molar-refractivity contribution in [3.63, 3.8) is 0 Å². The molecule has 1 rings (SSSR count). The number of halogens is 1. The summed E-state index contributed by atoms with van der Waals surface area (Å²) in [7, 11) is 1.78. The topological polar surface area (TPSA) is 61.0 Å². The highest BCUT2D eigenvalue weighted by molar-refractivity contribution is 9.09. The average Bonchev–Trinajstić information content (AvgIpc) is 2.55. The van der Waals surface area contributed by atoms with E-state index < -0.39 is 0 Å². The number of rotatable bonds is 6. The molecule has 0 aliphatic heterocycles. The summed E-state index contributed by atoms with van der Waals surface area (Å²) in [5.74, 6) is 0.612. The Kier molecular flexibility index (Phi) is 5.52. The summed E-state index contributed by atoms with van der Waals surface area (Å²) in [5.41, 5.74) is 1.47. The van der Waals surface area contributed by atoms with Gasteiger partial charge < -0.3 is 0 Å². The molecule has 5 nitrogen and oxygen atoms in total. The smallest absolute Gasteiger partial charge is 0.265 e. The zero-order chi connectivity index (χ0) is 14.7. The van der Waals surface area contributed by atoms with Crippen LogP contribution in [-0.4, -0.2) is 19.5 Å². The highest BCUT2D eigenvalue weighted by Crippen LogP contribution is 2.31. The monoisotopic (exact) mass is 331 g/mol. The fourth-order valence-corrected chi connectivity index (χ4v) is 3.25. The van der Waals surface area contributed by atoms with E-state index in [1.165, 1.54) is 0 Å². The van der Waals surface area contributed by atoms with E-state index in [0.29, 0.717) is 23.7 Å². The van der Waals surface area contributed by atoms with Crippen molar-refractivity contribution < 1.29 is 4.92 Å². The van der Waals surface area contributed by atoms with Gasteiger partial charge in [-0.15, -0.1) is 0 Å². The molecule has 0 bridgehead atoms. The van der Waals surface area contributed by atoms with Crippen molar-refractivity contribution in [1.82, 2.24) is 9.78 Å². The van der Waals surface area contributed by atoms with E-state index in [1.807, 2.05) is 13.8 Å². The third-order valence-electron chi connectivity index (χ3n) is 3.04. The number of hydrogen-bond acceptors (Lipinski definition) is 3. The molecular weight excluding hydrogens is 310 g/mol. The normalized spacial score (nSPS) is 13.3. The van der Waals surface area contributed by atoms with Crippen LogP contribution in [0.3, 0.4) is 0 Å². The first-order chi connectivity index (χ1) is 8.73. The first-order valence-corrected chi connectivity index (χ1v) is 7.49. The highest BCUT2D eigenvalue weighted by atomic mass is 79.9. The van der Waals surface area contributed by atoms with Gasteiger partial charge in [0.25, 0.3) is 0 Å². The van der Waals surface area contributed by atoms with Crippen LogP contribution in [0.4, 0.5) is 5.69 Å². The van der Waals surface area contributed by atoms with Crippen LogP contribution in [0.5, 0.6) is 0 Å². The van der Waals surface area contributed by atoms with Gasteiger partial charge in [-0.2, -0.15) is 5.10 Å². The molecule has 0 aromatic carbocycles. The van der Waals surface area contributed by atoms with E-state index in [1.54, 1.807) is 11.7 Å². The summed E-state index contributed by atoms with van der Waals surface area (Å²) in [5, 5.41) is 15.6. The van der Waals surface area contributed by atoms with Crippen LogP contribution < -0.4 is 0 Å². The van der Waals surface area contributed by atoms with E-state index in [9.17, 15) is 10.1 Å². The number of aryl methyl sites for hydroxylation is 1. The van der Waals surface area contributed by atoms with Gasteiger partial charge in [-0.25, -0.2) is 0 Å². The van der Waals surface area contributed by atoms with Gasteiger partial charge in [0.1, 0.15) is 11.4 Å². The van der Waals surface area contributed by atoms with Gasteiger partial charge in [-0.3, -0.25) is 14.8 Å². The fourth-order valence-electron chi connectivity index (χ4n) is 2.19. The molecule has 1 aromatic heterocycles. The van der Waals surface area contributed by atoms with Crippen LogP contribution >= 0.6 is 15.9 Å². The molecule has 1 unspecified atom stereocenters. The lowest BCUT2D eigenvalue weighted by Crippen LogP contribution is -2.11. The number of hydrogen-bond donors (Lipinski definition) is 0. The van der Waals surface area contributed by atoms with Crippen LogP contribution in [0.15, 0.2) is 0 Å². The minimum Gasteiger partial charge on any atom is -0.265 e. The second-order valence-corrected chi connectivity index (χ2v) is 6.94. The molecule has 0 amide bonds. The minimum absolute atomic E-state index is 0.0548. The Labute approximate surface area is 122 Å². The fraction of sp³-hybridized carbons (Fsp3) is 0.769. The molecule has 0 fully saturated rings. The van der Waals surface area contributed by atoms with Crippen molar-refractivity contribution in [3.05, 3.63) is 21.5 Å². The molecule has 1 aromatic rings. The predicted octanol–water partition coefficient (Wildman–Crippen LogP) is 3.80. The van der Waals surface area contributed by atoms with E-state index in [4.69, 9.17) is 0 Å². The molecule has 0 spiro atoms. The molecule has 6 heteroatoms. The maximum Gasteiger partial charge on any atom is 0.313 e. The second-order valence-electron chi connectivity index (χ2n) is 5.65. The lowest BCUT2D eigenvalue weighted by molar-refractivity contribution is -0.386. The third kappa shape index (κ3) is 4.03. The Balaban J connectivity index is 3.09. The van der Waals surface area contributed by atoms with Gasteiger partial charge in [0.15, 0.2) is 0 Å². The van der Waals surface area contributed by atoms with Crippen LogP contribution in [0.2, 0.25) is 0 Å². The Hall–Kier alpha value is -0.910. The zero-order valence-electron chi connectivity index (χ0n) is 12.2. The Morgan fingerprint density at radius 3 is 2.37 bits per heavy atom. The van der Waals surface area contributed by atoms with E-state index in [2.05, 4.69) is 34.9 Å². The molecule has 1 atom stereocenters. The second kappa shape index (κ2) is 6.50. The quantitative estimate of drug-likeness (QED) is 0.452.